The van der Waals surface area contributed by atoms with E-state index in [0.29, 0.717) is 24.0 Å². The predicted octanol–water partition coefficient (Wildman–Crippen LogP) is 4.51. The number of nitrogens with zero attached hydrogens (tertiary/aromatic N) is 3. The minimum absolute atomic E-state index is 0.0258. The average molecular weight is 445 g/mol. The number of aryl methyl sites for hydroxylation is 1. The van der Waals surface area contributed by atoms with Gasteiger partial charge in [0.2, 0.25) is 10.0 Å². The molecule has 1 aromatic carbocycles. The number of piperidine rings is 1. The number of aromatic nitrogens is 2. The highest BCUT2D eigenvalue weighted by atomic mass is 32.2. The number of rotatable bonds is 5. The largest absolute Gasteiger partial charge is 0.307 e. The number of benzene rings is 1. The molecule has 1 amide bonds. The van der Waals surface area contributed by atoms with E-state index in [9.17, 15) is 13.2 Å². The van der Waals surface area contributed by atoms with E-state index >= 15 is 0 Å². The van der Waals surface area contributed by atoms with Gasteiger partial charge in [0, 0.05) is 24.2 Å². The third-order valence-electron chi connectivity index (χ3n) is 6.63. The van der Waals surface area contributed by atoms with Crippen LogP contribution in [0.4, 0.5) is 5.82 Å². The van der Waals surface area contributed by atoms with Gasteiger partial charge in [0.1, 0.15) is 5.82 Å². The number of nitrogens with one attached hydrogen (secondary N) is 1. The molecule has 0 spiro atoms. The van der Waals surface area contributed by atoms with Crippen molar-refractivity contribution in [3.8, 4) is 0 Å². The maximum Gasteiger partial charge on any atom is 0.257 e. The standard InChI is InChI=1S/C23H32N4O3S/c1-17-11-12-20(31(29,30)26-15-7-6-8-18(26)2)16-21(17)23(28)25-22-13-14-24-27(22)19-9-4-3-5-10-19/h11-14,16,18-19H,3-10,15H2,1-2H3,(H,25,28). The highest BCUT2D eigenvalue weighted by Gasteiger charge is 2.31. The molecule has 31 heavy (non-hydrogen) atoms. The summed E-state index contributed by atoms with van der Waals surface area (Å²) in [6, 6.07) is 6.92. The van der Waals surface area contributed by atoms with Crippen LogP contribution < -0.4 is 5.32 Å². The zero-order valence-corrected chi connectivity index (χ0v) is 19.2. The molecule has 1 saturated carbocycles. The molecule has 2 aliphatic rings. The van der Waals surface area contributed by atoms with Crippen molar-refractivity contribution in [2.45, 2.75) is 82.2 Å². The number of anilines is 1. The second kappa shape index (κ2) is 9.12. The van der Waals surface area contributed by atoms with Crippen LogP contribution in [0.5, 0.6) is 0 Å². The molecule has 1 aliphatic carbocycles. The number of carbonyl (C=O) groups is 1. The van der Waals surface area contributed by atoms with Crippen LogP contribution in [0.3, 0.4) is 0 Å². The van der Waals surface area contributed by atoms with E-state index in [2.05, 4.69) is 10.4 Å². The van der Waals surface area contributed by atoms with E-state index in [1.165, 1.54) is 25.3 Å². The Bertz CT molecular complexity index is 1040. The molecule has 1 aromatic heterocycles. The van der Waals surface area contributed by atoms with Crippen LogP contribution in [0.1, 0.15) is 80.3 Å². The van der Waals surface area contributed by atoms with E-state index in [1.807, 2.05) is 18.5 Å². The first-order chi connectivity index (χ1) is 14.9. The summed E-state index contributed by atoms with van der Waals surface area (Å²) in [5, 5.41) is 7.40. The van der Waals surface area contributed by atoms with Crippen molar-refractivity contribution in [1.29, 1.82) is 0 Å². The second-order valence-corrected chi connectivity index (χ2v) is 10.7. The summed E-state index contributed by atoms with van der Waals surface area (Å²) in [6.45, 7) is 4.30. The SMILES string of the molecule is Cc1ccc(S(=O)(=O)N2CCCCC2C)cc1C(=O)Nc1ccnn1C1CCCCC1. The molecule has 1 atom stereocenters. The van der Waals surface area contributed by atoms with Gasteiger partial charge in [0.15, 0.2) is 0 Å². The molecular weight excluding hydrogens is 412 g/mol. The van der Waals surface area contributed by atoms with Gasteiger partial charge in [-0.1, -0.05) is 31.7 Å². The van der Waals surface area contributed by atoms with Gasteiger partial charge < -0.3 is 5.32 Å². The van der Waals surface area contributed by atoms with Gasteiger partial charge in [-0.3, -0.25) is 4.79 Å². The Morgan fingerprint density at radius 2 is 1.81 bits per heavy atom. The topological polar surface area (TPSA) is 84.3 Å². The summed E-state index contributed by atoms with van der Waals surface area (Å²) in [5.74, 6) is 0.355. The zero-order chi connectivity index (χ0) is 22.0. The van der Waals surface area contributed by atoms with E-state index in [4.69, 9.17) is 0 Å². The molecule has 2 aromatic rings. The van der Waals surface area contributed by atoms with Gasteiger partial charge >= 0.3 is 0 Å². The Morgan fingerprint density at radius 1 is 1.06 bits per heavy atom. The Morgan fingerprint density at radius 3 is 2.55 bits per heavy atom. The number of carbonyl (C=O) groups excluding carboxylic acids is 1. The molecule has 2 fully saturated rings. The minimum Gasteiger partial charge on any atom is -0.307 e. The van der Waals surface area contributed by atoms with Crippen molar-refractivity contribution in [2.24, 2.45) is 0 Å². The molecule has 1 N–H and O–H groups in total. The lowest BCUT2D eigenvalue weighted by Gasteiger charge is -2.32. The van der Waals surface area contributed by atoms with Crippen molar-refractivity contribution in [1.82, 2.24) is 14.1 Å². The fraction of sp³-hybridized carbons (Fsp3) is 0.565. The van der Waals surface area contributed by atoms with Gasteiger partial charge in [-0.25, -0.2) is 13.1 Å². The van der Waals surface area contributed by atoms with Crippen molar-refractivity contribution in [2.75, 3.05) is 11.9 Å². The normalized spacial score (nSPS) is 21.2. The van der Waals surface area contributed by atoms with Crippen LogP contribution in [-0.4, -0.2) is 41.0 Å². The summed E-state index contributed by atoms with van der Waals surface area (Å²) in [4.78, 5) is 13.3. The molecule has 1 saturated heterocycles. The van der Waals surface area contributed by atoms with Crippen molar-refractivity contribution >= 4 is 21.7 Å². The summed E-state index contributed by atoms with van der Waals surface area (Å²) in [5.41, 5.74) is 1.12. The molecule has 2 heterocycles. The van der Waals surface area contributed by atoms with Gasteiger partial charge in [-0.15, -0.1) is 0 Å². The van der Waals surface area contributed by atoms with Crippen LogP contribution in [-0.2, 0) is 10.0 Å². The fourth-order valence-corrected chi connectivity index (χ4v) is 6.51. The number of sulfonamides is 1. The highest BCUT2D eigenvalue weighted by Crippen LogP contribution is 2.30. The van der Waals surface area contributed by atoms with Gasteiger partial charge in [0.05, 0.1) is 17.1 Å². The van der Waals surface area contributed by atoms with Crippen LogP contribution in [0, 0.1) is 6.92 Å². The molecule has 0 bridgehead atoms. The van der Waals surface area contributed by atoms with E-state index in [1.54, 1.807) is 28.7 Å². The smallest absolute Gasteiger partial charge is 0.257 e. The predicted molar refractivity (Wildman–Crippen MR) is 121 cm³/mol. The lowest BCUT2D eigenvalue weighted by atomic mass is 9.96. The van der Waals surface area contributed by atoms with E-state index < -0.39 is 10.0 Å². The third-order valence-corrected chi connectivity index (χ3v) is 8.64. The first-order valence-electron chi connectivity index (χ1n) is 11.4. The summed E-state index contributed by atoms with van der Waals surface area (Å²) in [7, 11) is -3.64. The Kier molecular flexibility index (Phi) is 6.48. The molecule has 8 heteroatoms. The number of hydrogen-bond donors (Lipinski definition) is 1. The fourth-order valence-electron chi connectivity index (χ4n) is 4.78. The maximum absolute atomic E-state index is 13.2. The first-order valence-corrected chi connectivity index (χ1v) is 12.8. The lowest BCUT2D eigenvalue weighted by Crippen LogP contribution is -2.42. The molecule has 4 rings (SSSR count). The summed E-state index contributed by atoms with van der Waals surface area (Å²) >= 11 is 0. The quantitative estimate of drug-likeness (QED) is 0.735. The van der Waals surface area contributed by atoms with Gasteiger partial charge in [0.25, 0.3) is 5.91 Å². The molecule has 0 radical (unpaired) electrons. The van der Waals surface area contributed by atoms with Crippen molar-refractivity contribution < 1.29 is 13.2 Å². The van der Waals surface area contributed by atoms with Crippen LogP contribution >= 0.6 is 0 Å². The first kappa shape index (κ1) is 22.0. The van der Waals surface area contributed by atoms with Crippen LogP contribution in [0.2, 0.25) is 0 Å². The van der Waals surface area contributed by atoms with Crippen molar-refractivity contribution in [3.63, 3.8) is 0 Å². The Balaban J connectivity index is 1.58. The monoisotopic (exact) mass is 444 g/mol. The van der Waals surface area contributed by atoms with Crippen molar-refractivity contribution in [3.05, 3.63) is 41.6 Å². The Hall–Kier alpha value is -2.19. The highest BCUT2D eigenvalue weighted by molar-refractivity contribution is 7.89. The maximum atomic E-state index is 13.2. The van der Waals surface area contributed by atoms with Crippen LogP contribution in [0.15, 0.2) is 35.4 Å². The molecular formula is C23H32N4O3S. The molecule has 168 valence electrons. The van der Waals surface area contributed by atoms with Crippen LogP contribution in [0.25, 0.3) is 0 Å². The van der Waals surface area contributed by atoms with Gasteiger partial charge in [-0.2, -0.15) is 9.40 Å². The number of hydrogen-bond acceptors (Lipinski definition) is 4. The summed E-state index contributed by atoms with van der Waals surface area (Å²) < 4.78 is 30.0. The van der Waals surface area contributed by atoms with Gasteiger partial charge in [-0.05, 0) is 57.2 Å². The molecule has 1 aliphatic heterocycles. The lowest BCUT2D eigenvalue weighted by molar-refractivity contribution is 0.102. The van der Waals surface area contributed by atoms with E-state index in [0.717, 1.165) is 37.7 Å². The van der Waals surface area contributed by atoms with E-state index in [-0.39, 0.29) is 16.8 Å². The second-order valence-electron chi connectivity index (χ2n) is 8.84. The molecule has 1 unspecified atom stereocenters. The zero-order valence-electron chi connectivity index (χ0n) is 18.4. The third kappa shape index (κ3) is 4.55. The average Bonchev–Trinajstić information content (AvgIpc) is 3.22. The minimum atomic E-state index is -3.64. The Labute approximate surface area is 184 Å². The molecule has 7 nitrogen and oxygen atoms in total. The summed E-state index contributed by atoms with van der Waals surface area (Å²) in [6.07, 6.45) is 10.2. The number of amides is 1.